The molecule has 2 amide bonds. The Hall–Kier alpha value is -1.75. The topological polar surface area (TPSA) is 53.5 Å². The van der Waals surface area contributed by atoms with Crippen LogP contribution in [0.5, 0.6) is 0 Å². The largest absolute Gasteiger partial charge is 0.339 e. The average molecular weight is 343 g/mol. The maximum Gasteiger partial charge on any atom is 0.339 e. The van der Waals surface area contributed by atoms with Crippen LogP contribution in [0.2, 0.25) is 15.1 Å². The van der Waals surface area contributed by atoms with Crippen molar-refractivity contribution < 1.29 is 4.79 Å². The number of hydrazone groups is 1. The zero-order chi connectivity index (χ0) is 15.2. The molecule has 0 unspecified atom stereocenters. The van der Waals surface area contributed by atoms with E-state index in [4.69, 9.17) is 34.8 Å². The number of anilines is 1. The summed E-state index contributed by atoms with van der Waals surface area (Å²) in [6.07, 6.45) is 1.38. The molecule has 0 spiro atoms. The molecule has 7 heteroatoms. The summed E-state index contributed by atoms with van der Waals surface area (Å²) >= 11 is 17.7. The molecule has 0 heterocycles. The van der Waals surface area contributed by atoms with Gasteiger partial charge < -0.3 is 5.32 Å². The normalized spacial score (nSPS) is 10.6. The highest BCUT2D eigenvalue weighted by atomic mass is 35.5. The molecule has 0 aromatic heterocycles. The molecule has 0 atom stereocenters. The Bertz CT molecular complexity index is 651. The first-order chi connectivity index (χ1) is 10.1. The summed E-state index contributed by atoms with van der Waals surface area (Å²) in [4.78, 5) is 11.6. The average Bonchev–Trinajstić information content (AvgIpc) is 2.45. The van der Waals surface area contributed by atoms with Crippen molar-refractivity contribution in [2.75, 3.05) is 5.32 Å². The van der Waals surface area contributed by atoms with Crippen molar-refractivity contribution >= 4 is 52.7 Å². The number of nitrogens with one attached hydrogen (secondary N) is 2. The van der Waals surface area contributed by atoms with Gasteiger partial charge in [0.15, 0.2) is 0 Å². The molecule has 2 N–H and O–H groups in total. The fourth-order valence-corrected chi connectivity index (χ4v) is 2.10. The number of hydrogen-bond donors (Lipinski definition) is 2. The monoisotopic (exact) mass is 341 g/mol. The lowest BCUT2D eigenvalue weighted by molar-refractivity contribution is 0.252. The van der Waals surface area contributed by atoms with Crippen LogP contribution in [-0.2, 0) is 0 Å². The van der Waals surface area contributed by atoms with Crippen molar-refractivity contribution in [2.45, 2.75) is 0 Å². The molecule has 0 radical (unpaired) electrons. The van der Waals surface area contributed by atoms with E-state index in [-0.39, 0.29) is 0 Å². The molecule has 2 aromatic carbocycles. The first kappa shape index (κ1) is 15.6. The van der Waals surface area contributed by atoms with Crippen LogP contribution in [0.3, 0.4) is 0 Å². The molecule has 0 aliphatic heterocycles. The van der Waals surface area contributed by atoms with E-state index < -0.39 is 6.03 Å². The molecule has 0 saturated heterocycles. The molecule has 2 rings (SSSR count). The van der Waals surface area contributed by atoms with E-state index in [1.165, 1.54) is 6.21 Å². The quantitative estimate of drug-likeness (QED) is 0.611. The SMILES string of the molecule is O=C(N/N=C\c1c(Cl)cccc1Cl)Nc1ccc(Cl)cc1. The second-order valence-electron chi connectivity index (χ2n) is 3.97. The third-order valence-electron chi connectivity index (χ3n) is 2.46. The van der Waals surface area contributed by atoms with Gasteiger partial charge in [-0.2, -0.15) is 5.10 Å². The molecule has 0 aliphatic rings. The molecular weight excluding hydrogens is 333 g/mol. The van der Waals surface area contributed by atoms with Crippen LogP contribution in [0.15, 0.2) is 47.6 Å². The Labute approximate surface area is 136 Å². The Kier molecular flexibility index (Phi) is 5.44. The summed E-state index contributed by atoms with van der Waals surface area (Å²) in [5.41, 5.74) is 3.45. The number of rotatable bonds is 3. The van der Waals surface area contributed by atoms with Gasteiger partial charge >= 0.3 is 6.03 Å². The fourth-order valence-electron chi connectivity index (χ4n) is 1.48. The fraction of sp³-hybridized carbons (Fsp3) is 0. The van der Waals surface area contributed by atoms with E-state index in [1.807, 2.05) is 0 Å². The molecule has 0 fully saturated rings. The molecule has 21 heavy (non-hydrogen) atoms. The second kappa shape index (κ2) is 7.31. The number of amides is 2. The Morgan fingerprint density at radius 1 is 1.00 bits per heavy atom. The minimum atomic E-state index is -0.489. The lowest BCUT2D eigenvalue weighted by Crippen LogP contribution is -2.24. The van der Waals surface area contributed by atoms with E-state index in [2.05, 4.69) is 15.8 Å². The summed E-state index contributed by atoms with van der Waals surface area (Å²) in [5, 5.41) is 7.88. The molecule has 2 aromatic rings. The van der Waals surface area contributed by atoms with Crippen molar-refractivity contribution in [1.29, 1.82) is 0 Å². The second-order valence-corrected chi connectivity index (χ2v) is 5.22. The van der Waals surface area contributed by atoms with Crippen LogP contribution in [0.1, 0.15) is 5.56 Å². The summed E-state index contributed by atoms with van der Waals surface area (Å²) in [6, 6.07) is 11.3. The number of urea groups is 1. The number of benzene rings is 2. The number of carbonyl (C=O) groups is 1. The summed E-state index contributed by atoms with van der Waals surface area (Å²) < 4.78 is 0. The smallest absolute Gasteiger partial charge is 0.307 e. The zero-order valence-corrected chi connectivity index (χ0v) is 12.9. The predicted molar refractivity (Wildman–Crippen MR) is 87.7 cm³/mol. The van der Waals surface area contributed by atoms with Crippen LogP contribution >= 0.6 is 34.8 Å². The molecule has 0 aliphatic carbocycles. The van der Waals surface area contributed by atoms with Crippen molar-refractivity contribution in [1.82, 2.24) is 5.43 Å². The molecule has 0 bridgehead atoms. The van der Waals surface area contributed by atoms with Crippen LogP contribution in [-0.4, -0.2) is 12.2 Å². The van der Waals surface area contributed by atoms with E-state index in [9.17, 15) is 4.79 Å². The summed E-state index contributed by atoms with van der Waals surface area (Å²) in [5.74, 6) is 0. The maximum absolute atomic E-state index is 11.6. The van der Waals surface area contributed by atoms with Crippen molar-refractivity contribution in [3.05, 3.63) is 63.1 Å². The summed E-state index contributed by atoms with van der Waals surface area (Å²) in [7, 11) is 0. The number of carbonyl (C=O) groups excluding carboxylic acids is 1. The Morgan fingerprint density at radius 2 is 1.62 bits per heavy atom. The third kappa shape index (κ3) is 4.63. The first-order valence-corrected chi connectivity index (χ1v) is 6.99. The van der Waals surface area contributed by atoms with Gasteiger partial charge in [-0.15, -0.1) is 0 Å². The number of nitrogens with zero attached hydrogens (tertiary/aromatic N) is 1. The Balaban J connectivity index is 1.95. The van der Waals surface area contributed by atoms with Gasteiger partial charge in [-0.05, 0) is 36.4 Å². The van der Waals surface area contributed by atoms with Gasteiger partial charge in [0.25, 0.3) is 0 Å². The predicted octanol–water partition coefficient (Wildman–Crippen LogP) is 4.80. The number of halogens is 3. The molecule has 108 valence electrons. The molecule has 0 saturated carbocycles. The standard InChI is InChI=1S/C14H10Cl3N3O/c15-9-4-6-10(7-5-9)19-14(21)20-18-8-11-12(16)2-1-3-13(11)17/h1-8H,(H2,19,20,21)/b18-8-. The van der Waals surface area contributed by atoms with Gasteiger partial charge in [0.2, 0.25) is 0 Å². The maximum atomic E-state index is 11.6. The lowest BCUT2D eigenvalue weighted by atomic mass is 10.2. The van der Waals surface area contributed by atoms with Crippen molar-refractivity contribution in [3.63, 3.8) is 0 Å². The van der Waals surface area contributed by atoms with Crippen LogP contribution in [0.4, 0.5) is 10.5 Å². The van der Waals surface area contributed by atoms with Crippen LogP contribution in [0, 0.1) is 0 Å². The van der Waals surface area contributed by atoms with Crippen molar-refractivity contribution in [2.24, 2.45) is 5.10 Å². The van der Waals surface area contributed by atoms with Crippen LogP contribution in [0.25, 0.3) is 0 Å². The van der Waals surface area contributed by atoms with Gasteiger partial charge in [-0.1, -0.05) is 40.9 Å². The highest BCUT2D eigenvalue weighted by molar-refractivity contribution is 6.38. The van der Waals surface area contributed by atoms with Gasteiger partial charge in [0.05, 0.1) is 16.3 Å². The highest BCUT2D eigenvalue weighted by Gasteiger charge is 2.03. The minimum absolute atomic E-state index is 0.450. The number of hydrogen-bond acceptors (Lipinski definition) is 2. The Morgan fingerprint density at radius 3 is 2.24 bits per heavy atom. The van der Waals surface area contributed by atoms with E-state index >= 15 is 0 Å². The van der Waals surface area contributed by atoms with Gasteiger partial charge in [0.1, 0.15) is 0 Å². The zero-order valence-electron chi connectivity index (χ0n) is 10.6. The third-order valence-corrected chi connectivity index (χ3v) is 3.37. The van der Waals surface area contributed by atoms with E-state index in [0.717, 1.165) is 0 Å². The van der Waals surface area contributed by atoms with Crippen molar-refractivity contribution in [3.8, 4) is 0 Å². The van der Waals surface area contributed by atoms with E-state index in [1.54, 1.807) is 42.5 Å². The molecule has 4 nitrogen and oxygen atoms in total. The summed E-state index contributed by atoms with van der Waals surface area (Å²) in [6.45, 7) is 0. The van der Waals surface area contributed by atoms with Gasteiger partial charge in [-0.3, -0.25) is 0 Å². The first-order valence-electron chi connectivity index (χ1n) is 5.86. The van der Waals surface area contributed by atoms with E-state index in [0.29, 0.717) is 26.3 Å². The highest BCUT2D eigenvalue weighted by Crippen LogP contribution is 2.22. The lowest BCUT2D eigenvalue weighted by Gasteiger charge is -2.04. The van der Waals surface area contributed by atoms with Gasteiger partial charge in [0, 0.05) is 16.3 Å². The minimum Gasteiger partial charge on any atom is -0.307 e. The van der Waals surface area contributed by atoms with Crippen LogP contribution < -0.4 is 10.7 Å². The van der Waals surface area contributed by atoms with Gasteiger partial charge in [-0.25, -0.2) is 10.2 Å². The molecular formula is C14H10Cl3N3O.